The van der Waals surface area contributed by atoms with Crippen LogP contribution in [0.5, 0.6) is 0 Å². The molecular formula is C15H11ClN2O2S2. The number of thiocarbonyl (C=S) groups is 1. The molecule has 2 aromatic carbocycles. The lowest BCUT2D eigenvalue weighted by Crippen LogP contribution is -2.15. The maximum absolute atomic E-state index is 13.0. The minimum absolute atomic E-state index is 0.0122. The van der Waals surface area contributed by atoms with Crippen LogP contribution in [0.2, 0.25) is 5.02 Å². The molecule has 0 aliphatic carbocycles. The largest absolute Gasteiger partial charge is 0.388 e. The van der Waals surface area contributed by atoms with Gasteiger partial charge in [0.25, 0.3) is 0 Å². The Kier molecular flexibility index (Phi) is 3.68. The van der Waals surface area contributed by atoms with Crippen LogP contribution in [0.4, 0.5) is 0 Å². The number of aromatic nitrogens is 1. The molecule has 22 heavy (non-hydrogen) atoms. The molecule has 7 heteroatoms. The van der Waals surface area contributed by atoms with Gasteiger partial charge in [-0.25, -0.2) is 8.42 Å². The molecule has 3 rings (SSSR count). The van der Waals surface area contributed by atoms with Crippen molar-refractivity contribution in [3.05, 3.63) is 59.2 Å². The Bertz CT molecular complexity index is 979. The second kappa shape index (κ2) is 5.39. The van der Waals surface area contributed by atoms with Gasteiger partial charge < -0.3 is 10.7 Å². The van der Waals surface area contributed by atoms with Crippen molar-refractivity contribution in [2.24, 2.45) is 5.73 Å². The number of nitrogens with two attached hydrogens (primary N) is 1. The number of rotatable bonds is 3. The van der Waals surface area contributed by atoms with Gasteiger partial charge in [-0.3, -0.25) is 0 Å². The standard InChI is InChI=1S/C15H11ClN2O2S2/c16-9-6-7-12-11(8-9)14(13(18-12)15(17)21)22(19,20)10-4-2-1-3-5-10/h1-8,18H,(H2,17,21). The van der Waals surface area contributed by atoms with Crippen LogP contribution in [0, 0.1) is 0 Å². The van der Waals surface area contributed by atoms with Crippen molar-refractivity contribution in [3.8, 4) is 0 Å². The summed E-state index contributed by atoms with van der Waals surface area (Å²) in [6.45, 7) is 0. The highest BCUT2D eigenvalue weighted by molar-refractivity contribution is 7.92. The smallest absolute Gasteiger partial charge is 0.209 e. The van der Waals surface area contributed by atoms with Crippen molar-refractivity contribution in [1.82, 2.24) is 4.98 Å². The van der Waals surface area contributed by atoms with E-state index in [-0.39, 0.29) is 20.5 Å². The van der Waals surface area contributed by atoms with Crippen LogP contribution in [0.15, 0.2) is 58.3 Å². The molecule has 3 N–H and O–H groups in total. The monoisotopic (exact) mass is 350 g/mol. The first-order valence-corrected chi connectivity index (χ1v) is 8.59. The summed E-state index contributed by atoms with van der Waals surface area (Å²) in [5.41, 5.74) is 6.53. The first-order chi connectivity index (χ1) is 10.4. The summed E-state index contributed by atoms with van der Waals surface area (Å²) in [5.74, 6) is 0. The predicted molar refractivity (Wildman–Crippen MR) is 91.1 cm³/mol. The van der Waals surface area contributed by atoms with Crippen LogP contribution in [-0.4, -0.2) is 18.4 Å². The van der Waals surface area contributed by atoms with Crippen LogP contribution in [0.1, 0.15) is 5.69 Å². The molecule has 0 bridgehead atoms. The number of halogens is 1. The van der Waals surface area contributed by atoms with E-state index in [1.54, 1.807) is 36.4 Å². The molecule has 0 amide bonds. The van der Waals surface area contributed by atoms with Crippen molar-refractivity contribution >= 4 is 49.5 Å². The highest BCUT2D eigenvalue weighted by Gasteiger charge is 2.27. The van der Waals surface area contributed by atoms with E-state index in [1.807, 2.05) is 0 Å². The van der Waals surface area contributed by atoms with Crippen molar-refractivity contribution in [2.45, 2.75) is 9.79 Å². The summed E-state index contributed by atoms with van der Waals surface area (Å²) in [6.07, 6.45) is 0. The average Bonchev–Trinajstić information content (AvgIpc) is 2.87. The van der Waals surface area contributed by atoms with Gasteiger partial charge in [-0.05, 0) is 30.3 Å². The fourth-order valence-electron chi connectivity index (χ4n) is 2.31. The molecule has 0 aliphatic rings. The molecule has 0 fully saturated rings. The van der Waals surface area contributed by atoms with E-state index >= 15 is 0 Å². The minimum atomic E-state index is -3.77. The van der Waals surface area contributed by atoms with Crippen LogP contribution in [0.25, 0.3) is 10.9 Å². The lowest BCUT2D eigenvalue weighted by molar-refractivity contribution is 0.597. The zero-order valence-electron chi connectivity index (χ0n) is 11.2. The molecule has 4 nitrogen and oxygen atoms in total. The van der Waals surface area contributed by atoms with Gasteiger partial charge in [0.15, 0.2) is 0 Å². The number of hydrogen-bond donors (Lipinski definition) is 2. The third-order valence-corrected chi connectivity index (χ3v) is 5.58. The van der Waals surface area contributed by atoms with E-state index in [2.05, 4.69) is 4.98 Å². The summed E-state index contributed by atoms with van der Waals surface area (Å²) in [6, 6.07) is 13.1. The molecule has 0 spiro atoms. The van der Waals surface area contributed by atoms with Crippen molar-refractivity contribution in [2.75, 3.05) is 0 Å². The topological polar surface area (TPSA) is 76.0 Å². The Labute approximate surface area is 137 Å². The highest BCUT2D eigenvalue weighted by Crippen LogP contribution is 2.33. The van der Waals surface area contributed by atoms with Gasteiger partial charge in [0, 0.05) is 15.9 Å². The molecule has 0 unspecified atom stereocenters. The third-order valence-electron chi connectivity index (χ3n) is 3.28. The number of nitrogens with one attached hydrogen (secondary N) is 1. The second-order valence-electron chi connectivity index (χ2n) is 4.70. The Balaban J connectivity index is 2.41. The maximum atomic E-state index is 13.0. The number of H-pyrrole nitrogens is 1. The molecular weight excluding hydrogens is 340 g/mol. The van der Waals surface area contributed by atoms with Crippen LogP contribution in [-0.2, 0) is 9.84 Å². The second-order valence-corrected chi connectivity index (χ2v) is 7.46. The van der Waals surface area contributed by atoms with Crippen LogP contribution < -0.4 is 5.73 Å². The van der Waals surface area contributed by atoms with E-state index in [0.29, 0.717) is 15.9 Å². The Morgan fingerprint density at radius 2 is 1.82 bits per heavy atom. The fourth-order valence-corrected chi connectivity index (χ4v) is 4.34. The molecule has 0 radical (unpaired) electrons. The van der Waals surface area contributed by atoms with Gasteiger partial charge in [-0.1, -0.05) is 42.0 Å². The first-order valence-electron chi connectivity index (χ1n) is 6.32. The molecule has 0 atom stereocenters. The van der Waals surface area contributed by atoms with Crippen LogP contribution >= 0.6 is 23.8 Å². The van der Waals surface area contributed by atoms with Crippen molar-refractivity contribution < 1.29 is 8.42 Å². The molecule has 1 heterocycles. The van der Waals surface area contributed by atoms with Gasteiger partial charge >= 0.3 is 0 Å². The molecule has 112 valence electrons. The maximum Gasteiger partial charge on any atom is 0.209 e. The van der Waals surface area contributed by atoms with Crippen molar-refractivity contribution in [3.63, 3.8) is 0 Å². The van der Waals surface area contributed by atoms with E-state index in [4.69, 9.17) is 29.6 Å². The summed E-state index contributed by atoms with van der Waals surface area (Å²) in [7, 11) is -3.77. The number of benzene rings is 2. The van der Waals surface area contributed by atoms with E-state index in [1.165, 1.54) is 12.1 Å². The third kappa shape index (κ3) is 2.39. The van der Waals surface area contributed by atoms with E-state index in [0.717, 1.165) is 0 Å². The zero-order valence-corrected chi connectivity index (χ0v) is 13.6. The first kappa shape index (κ1) is 15.0. The fraction of sp³-hybridized carbons (Fsp3) is 0. The number of aromatic amines is 1. The van der Waals surface area contributed by atoms with Crippen LogP contribution in [0.3, 0.4) is 0 Å². The summed E-state index contributed by atoms with van der Waals surface area (Å²) < 4.78 is 25.9. The number of sulfone groups is 1. The Hall–Kier alpha value is -1.89. The summed E-state index contributed by atoms with van der Waals surface area (Å²) in [5, 5.41) is 0.907. The molecule has 3 aromatic rings. The highest BCUT2D eigenvalue weighted by atomic mass is 35.5. The Morgan fingerprint density at radius 3 is 2.45 bits per heavy atom. The zero-order chi connectivity index (χ0) is 15.9. The number of hydrogen-bond acceptors (Lipinski definition) is 3. The van der Waals surface area contributed by atoms with Gasteiger partial charge in [-0.15, -0.1) is 0 Å². The summed E-state index contributed by atoms with van der Waals surface area (Å²) in [4.78, 5) is 3.18. The Morgan fingerprint density at radius 1 is 1.14 bits per heavy atom. The van der Waals surface area contributed by atoms with E-state index < -0.39 is 9.84 Å². The summed E-state index contributed by atoms with van der Waals surface area (Å²) >= 11 is 11.0. The molecule has 0 aliphatic heterocycles. The minimum Gasteiger partial charge on any atom is -0.388 e. The normalized spacial score (nSPS) is 11.7. The average molecular weight is 351 g/mol. The molecule has 1 aromatic heterocycles. The predicted octanol–water partition coefficient (Wildman–Crippen LogP) is 3.29. The van der Waals surface area contributed by atoms with Gasteiger partial charge in [0.1, 0.15) is 9.88 Å². The quantitative estimate of drug-likeness (QED) is 0.711. The van der Waals surface area contributed by atoms with Crippen molar-refractivity contribution in [1.29, 1.82) is 0 Å². The lowest BCUT2D eigenvalue weighted by atomic mass is 10.2. The SMILES string of the molecule is NC(=S)c1[nH]c2ccc(Cl)cc2c1S(=O)(=O)c1ccccc1. The molecule has 0 saturated carbocycles. The van der Waals surface area contributed by atoms with Gasteiger partial charge in [0.2, 0.25) is 9.84 Å². The van der Waals surface area contributed by atoms with Gasteiger partial charge in [0.05, 0.1) is 10.6 Å². The van der Waals surface area contributed by atoms with E-state index in [9.17, 15) is 8.42 Å². The lowest BCUT2D eigenvalue weighted by Gasteiger charge is -2.06. The number of fused-ring (bicyclic) bond motifs is 1. The molecule has 0 saturated heterocycles. The van der Waals surface area contributed by atoms with Gasteiger partial charge in [-0.2, -0.15) is 0 Å².